The third-order valence-electron chi connectivity index (χ3n) is 3.75. The van der Waals surface area contributed by atoms with Gasteiger partial charge in [-0.2, -0.15) is 13.2 Å². The molecule has 3 N–H and O–H groups in total. The monoisotopic (exact) mass is 382 g/mol. The largest absolute Gasteiger partial charge is 0.416 e. The van der Waals surface area contributed by atoms with E-state index in [0.717, 1.165) is 25.0 Å². The van der Waals surface area contributed by atoms with Crippen molar-refractivity contribution in [1.29, 1.82) is 0 Å². The number of amides is 1. The molecule has 1 aromatic carbocycles. The van der Waals surface area contributed by atoms with Gasteiger partial charge in [0.15, 0.2) is 0 Å². The lowest BCUT2D eigenvalue weighted by Crippen LogP contribution is -2.30. The van der Waals surface area contributed by atoms with Crippen LogP contribution in [0.15, 0.2) is 18.2 Å². The van der Waals surface area contributed by atoms with E-state index in [-0.39, 0.29) is 42.9 Å². The van der Waals surface area contributed by atoms with Gasteiger partial charge in [0.05, 0.1) is 18.3 Å². The van der Waals surface area contributed by atoms with Crippen LogP contribution in [0.3, 0.4) is 0 Å². The fourth-order valence-corrected chi connectivity index (χ4v) is 2.39. The minimum Gasteiger partial charge on any atom is -0.376 e. The van der Waals surface area contributed by atoms with Crippen molar-refractivity contribution in [3.63, 3.8) is 0 Å². The molecule has 0 aromatic heterocycles. The van der Waals surface area contributed by atoms with Gasteiger partial charge in [-0.05, 0) is 43.5 Å². The van der Waals surface area contributed by atoms with Gasteiger partial charge in [0.2, 0.25) is 0 Å². The zero-order chi connectivity index (χ0) is 17.7. The quantitative estimate of drug-likeness (QED) is 0.792. The maximum absolute atomic E-state index is 12.9. The summed E-state index contributed by atoms with van der Waals surface area (Å²) in [5, 5.41) is 2.44. The fraction of sp³-hybridized carbons (Fsp3) is 0.562. The van der Waals surface area contributed by atoms with Gasteiger partial charge in [-0.15, -0.1) is 12.4 Å². The van der Waals surface area contributed by atoms with Gasteiger partial charge in [0.25, 0.3) is 5.91 Å². The molecule has 1 aromatic rings. The number of carbonyl (C=O) groups excluding carboxylic acids is 1. The number of carbonyl (C=O) groups is 1. The van der Waals surface area contributed by atoms with E-state index in [2.05, 4.69) is 5.32 Å². The molecule has 2 rings (SSSR count). The molecule has 1 amide bonds. The number of anilines is 1. The van der Waals surface area contributed by atoms with Crippen molar-refractivity contribution in [3.8, 4) is 0 Å². The molecule has 5 nitrogen and oxygen atoms in total. The van der Waals surface area contributed by atoms with Crippen molar-refractivity contribution < 1.29 is 27.4 Å². The van der Waals surface area contributed by atoms with Crippen LogP contribution in [0.25, 0.3) is 0 Å². The van der Waals surface area contributed by atoms with E-state index in [1.807, 2.05) is 0 Å². The Kier molecular flexibility index (Phi) is 8.14. The summed E-state index contributed by atoms with van der Waals surface area (Å²) in [5.74, 6) is -0.518. The predicted molar refractivity (Wildman–Crippen MR) is 89.6 cm³/mol. The Morgan fingerprint density at radius 3 is 2.72 bits per heavy atom. The Hall–Kier alpha value is -1.35. The van der Waals surface area contributed by atoms with Crippen LogP contribution in [-0.4, -0.2) is 31.3 Å². The molecule has 1 fully saturated rings. The predicted octanol–water partition coefficient (Wildman–Crippen LogP) is 3.11. The molecular weight excluding hydrogens is 361 g/mol. The fourth-order valence-electron chi connectivity index (χ4n) is 2.39. The van der Waals surface area contributed by atoms with E-state index in [9.17, 15) is 18.0 Å². The molecule has 1 aliphatic rings. The van der Waals surface area contributed by atoms with Gasteiger partial charge in [-0.25, -0.2) is 0 Å². The van der Waals surface area contributed by atoms with E-state index in [4.69, 9.17) is 15.2 Å². The second-order valence-electron chi connectivity index (χ2n) is 5.72. The van der Waals surface area contributed by atoms with Gasteiger partial charge in [0.1, 0.15) is 6.10 Å². The highest BCUT2D eigenvalue weighted by Crippen LogP contribution is 2.32. The SMILES string of the molecule is CC(OCC1CCCO1)C(=O)Nc1cc(CN)cc(C(F)(F)F)c1.Cl. The number of halogens is 4. The maximum atomic E-state index is 12.9. The van der Waals surface area contributed by atoms with Gasteiger partial charge in [-0.1, -0.05) is 0 Å². The Bertz CT molecular complexity index is 578. The Balaban J connectivity index is 0.00000312. The van der Waals surface area contributed by atoms with Gasteiger partial charge in [-0.3, -0.25) is 4.79 Å². The summed E-state index contributed by atoms with van der Waals surface area (Å²) in [5.41, 5.74) is 4.90. The molecule has 0 radical (unpaired) electrons. The number of alkyl halides is 3. The molecule has 1 saturated heterocycles. The van der Waals surface area contributed by atoms with Crippen LogP contribution in [0.2, 0.25) is 0 Å². The molecule has 2 atom stereocenters. The number of benzene rings is 1. The number of ether oxygens (including phenoxy) is 2. The average Bonchev–Trinajstić information content (AvgIpc) is 3.04. The molecular formula is C16H22ClF3N2O3. The first-order valence-electron chi connectivity index (χ1n) is 7.75. The highest BCUT2D eigenvalue weighted by Gasteiger charge is 2.31. The summed E-state index contributed by atoms with van der Waals surface area (Å²) in [7, 11) is 0. The minimum atomic E-state index is -4.51. The van der Waals surface area contributed by atoms with Gasteiger partial charge < -0.3 is 20.5 Å². The molecule has 0 aliphatic carbocycles. The van der Waals surface area contributed by atoms with E-state index in [1.54, 1.807) is 6.92 Å². The van der Waals surface area contributed by atoms with Crippen molar-refractivity contribution >= 4 is 24.0 Å². The van der Waals surface area contributed by atoms with Gasteiger partial charge in [0, 0.05) is 18.8 Å². The summed E-state index contributed by atoms with van der Waals surface area (Å²) in [6.07, 6.45) is -3.50. The van der Waals surface area contributed by atoms with Crippen LogP contribution in [0.1, 0.15) is 30.9 Å². The van der Waals surface area contributed by atoms with Gasteiger partial charge >= 0.3 is 6.18 Å². The molecule has 9 heteroatoms. The molecule has 25 heavy (non-hydrogen) atoms. The second kappa shape index (κ2) is 9.38. The van der Waals surface area contributed by atoms with Crippen molar-refractivity contribution in [2.24, 2.45) is 5.73 Å². The Labute approximate surface area is 150 Å². The van der Waals surface area contributed by atoms with Crippen molar-refractivity contribution in [2.75, 3.05) is 18.5 Å². The van der Waals surface area contributed by atoms with Crippen LogP contribution < -0.4 is 11.1 Å². The first kappa shape index (κ1) is 21.7. The van der Waals surface area contributed by atoms with Crippen LogP contribution in [0, 0.1) is 0 Å². The zero-order valence-corrected chi connectivity index (χ0v) is 14.6. The number of hydrogen-bond donors (Lipinski definition) is 2. The van der Waals surface area contributed by atoms with Crippen LogP contribution in [0.4, 0.5) is 18.9 Å². The second-order valence-corrected chi connectivity index (χ2v) is 5.72. The number of nitrogens with two attached hydrogens (primary N) is 1. The Morgan fingerprint density at radius 2 is 2.16 bits per heavy atom. The lowest BCUT2D eigenvalue weighted by atomic mass is 10.1. The molecule has 1 aliphatic heterocycles. The summed E-state index contributed by atoms with van der Waals surface area (Å²) >= 11 is 0. The number of rotatable bonds is 6. The molecule has 1 heterocycles. The molecule has 2 unspecified atom stereocenters. The third-order valence-corrected chi connectivity index (χ3v) is 3.75. The van der Waals surface area contributed by atoms with Crippen LogP contribution >= 0.6 is 12.4 Å². The van der Waals surface area contributed by atoms with E-state index in [0.29, 0.717) is 6.61 Å². The molecule has 0 saturated carbocycles. The lowest BCUT2D eigenvalue weighted by molar-refractivity contribution is -0.137. The summed E-state index contributed by atoms with van der Waals surface area (Å²) in [6.45, 7) is 2.45. The summed E-state index contributed by atoms with van der Waals surface area (Å²) in [6, 6.07) is 3.26. The van der Waals surface area contributed by atoms with E-state index < -0.39 is 23.8 Å². The molecule has 142 valence electrons. The average molecular weight is 383 g/mol. The van der Waals surface area contributed by atoms with Crippen molar-refractivity contribution in [1.82, 2.24) is 0 Å². The maximum Gasteiger partial charge on any atom is 0.416 e. The number of nitrogens with one attached hydrogen (secondary N) is 1. The summed E-state index contributed by atoms with van der Waals surface area (Å²) in [4.78, 5) is 12.1. The lowest BCUT2D eigenvalue weighted by Gasteiger charge is -2.17. The van der Waals surface area contributed by atoms with E-state index >= 15 is 0 Å². The topological polar surface area (TPSA) is 73.6 Å². The smallest absolute Gasteiger partial charge is 0.376 e. The Morgan fingerprint density at radius 1 is 1.44 bits per heavy atom. The number of hydrogen-bond acceptors (Lipinski definition) is 4. The highest BCUT2D eigenvalue weighted by molar-refractivity contribution is 5.94. The third kappa shape index (κ3) is 6.47. The van der Waals surface area contributed by atoms with Crippen molar-refractivity contribution in [2.45, 2.75) is 44.7 Å². The zero-order valence-electron chi connectivity index (χ0n) is 13.8. The first-order chi connectivity index (χ1) is 11.3. The molecule has 0 spiro atoms. The normalized spacial score (nSPS) is 18.5. The standard InChI is InChI=1S/C16H21F3N2O3.ClH/c1-10(24-9-14-3-2-4-23-14)15(22)21-13-6-11(8-20)5-12(7-13)16(17,18)19;/h5-7,10,14H,2-4,8-9,20H2,1H3,(H,21,22);1H. The first-order valence-corrected chi connectivity index (χ1v) is 7.75. The summed E-state index contributed by atoms with van der Waals surface area (Å²) < 4.78 is 49.5. The molecule has 0 bridgehead atoms. The van der Waals surface area contributed by atoms with Crippen molar-refractivity contribution in [3.05, 3.63) is 29.3 Å². The van der Waals surface area contributed by atoms with Crippen LogP contribution in [0.5, 0.6) is 0 Å². The van der Waals surface area contributed by atoms with Crippen LogP contribution in [-0.2, 0) is 27.0 Å². The van der Waals surface area contributed by atoms with E-state index in [1.165, 1.54) is 6.07 Å². The minimum absolute atomic E-state index is 0. The highest BCUT2D eigenvalue weighted by atomic mass is 35.5.